The van der Waals surface area contributed by atoms with Crippen molar-refractivity contribution < 1.29 is 9.59 Å². The van der Waals surface area contributed by atoms with Gasteiger partial charge in [0, 0.05) is 12.7 Å². The minimum Gasteiger partial charge on any atom is -0.399 e. The van der Waals surface area contributed by atoms with Crippen LogP contribution in [-0.2, 0) is 9.59 Å². The first-order chi connectivity index (χ1) is 8.45. The number of nitrogens with one attached hydrogen (secondary N) is 2. The summed E-state index contributed by atoms with van der Waals surface area (Å²) in [4.78, 5) is 23.3. The number of rotatable bonds is 4. The molecule has 1 aromatic carbocycles. The minimum atomic E-state index is -0.550. The van der Waals surface area contributed by atoms with Crippen molar-refractivity contribution in [1.82, 2.24) is 10.6 Å². The van der Waals surface area contributed by atoms with Gasteiger partial charge in [-0.1, -0.05) is 12.1 Å². The Bertz CT molecular complexity index is 446. The molecule has 0 bridgehead atoms. The van der Waals surface area contributed by atoms with Gasteiger partial charge in [-0.15, -0.1) is 0 Å². The van der Waals surface area contributed by atoms with Crippen LogP contribution in [0.3, 0.4) is 0 Å². The summed E-state index contributed by atoms with van der Waals surface area (Å²) < 4.78 is 0. The standard InChI is InChI=1S/C13H19N3O2/c1-8(10-5-4-6-11(14)7-10)12(17)16-9(2)13(18)15-3/h4-9H,14H2,1-3H3,(H,15,18)(H,16,17). The number of carbonyl (C=O) groups is 2. The zero-order valence-corrected chi connectivity index (χ0v) is 10.9. The summed E-state index contributed by atoms with van der Waals surface area (Å²) in [5.74, 6) is -0.763. The number of carbonyl (C=O) groups excluding carboxylic acids is 2. The molecule has 2 atom stereocenters. The molecule has 18 heavy (non-hydrogen) atoms. The summed E-state index contributed by atoms with van der Waals surface area (Å²) in [7, 11) is 1.53. The Labute approximate surface area is 107 Å². The number of hydrogen-bond donors (Lipinski definition) is 3. The van der Waals surface area contributed by atoms with Crippen molar-refractivity contribution in [3.8, 4) is 0 Å². The van der Waals surface area contributed by atoms with Gasteiger partial charge >= 0.3 is 0 Å². The van der Waals surface area contributed by atoms with Crippen LogP contribution in [0.5, 0.6) is 0 Å². The molecule has 2 amide bonds. The van der Waals surface area contributed by atoms with E-state index in [0.717, 1.165) is 5.56 Å². The molecule has 0 radical (unpaired) electrons. The van der Waals surface area contributed by atoms with Gasteiger partial charge in [0.15, 0.2) is 0 Å². The second-order valence-electron chi connectivity index (χ2n) is 4.24. The molecule has 0 aliphatic rings. The van der Waals surface area contributed by atoms with Gasteiger partial charge in [0.1, 0.15) is 6.04 Å². The number of nitrogens with two attached hydrogens (primary N) is 1. The third-order valence-electron chi connectivity index (χ3n) is 2.80. The third-order valence-corrected chi connectivity index (χ3v) is 2.80. The van der Waals surface area contributed by atoms with E-state index in [1.807, 2.05) is 6.07 Å². The summed E-state index contributed by atoms with van der Waals surface area (Å²) in [5, 5.41) is 5.14. The summed E-state index contributed by atoms with van der Waals surface area (Å²) in [6.45, 7) is 3.42. The third kappa shape index (κ3) is 3.48. The highest BCUT2D eigenvalue weighted by Crippen LogP contribution is 2.17. The molecule has 0 spiro atoms. The van der Waals surface area contributed by atoms with E-state index < -0.39 is 6.04 Å². The Balaban J connectivity index is 2.70. The van der Waals surface area contributed by atoms with Crippen molar-refractivity contribution in [3.05, 3.63) is 29.8 Å². The van der Waals surface area contributed by atoms with E-state index in [1.165, 1.54) is 7.05 Å². The molecule has 0 aliphatic carbocycles. The van der Waals surface area contributed by atoms with Crippen LogP contribution in [0.25, 0.3) is 0 Å². The Morgan fingerprint density at radius 2 is 1.89 bits per heavy atom. The monoisotopic (exact) mass is 249 g/mol. The SMILES string of the molecule is CNC(=O)C(C)NC(=O)C(C)c1cccc(N)c1. The van der Waals surface area contributed by atoms with Crippen LogP contribution in [-0.4, -0.2) is 24.9 Å². The highest BCUT2D eigenvalue weighted by Gasteiger charge is 2.20. The molecule has 0 aromatic heterocycles. The van der Waals surface area contributed by atoms with Crippen molar-refractivity contribution in [3.63, 3.8) is 0 Å². The number of anilines is 1. The van der Waals surface area contributed by atoms with Crippen molar-refractivity contribution in [2.24, 2.45) is 0 Å². The molecule has 1 rings (SSSR count). The smallest absolute Gasteiger partial charge is 0.242 e. The predicted molar refractivity (Wildman–Crippen MR) is 70.9 cm³/mol. The predicted octanol–water partition coefficient (Wildman–Crippen LogP) is 0.623. The maximum absolute atomic E-state index is 12.0. The highest BCUT2D eigenvalue weighted by molar-refractivity contribution is 5.90. The van der Waals surface area contributed by atoms with E-state index in [-0.39, 0.29) is 17.7 Å². The van der Waals surface area contributed by atoms with Crippen molar-refractivity contribution in [2.75, 3.05) is 12.8 Å². The average Bonchev–Trinajstić information content (AvgIpc) is 2.36. The summed E-state index contributed by atoms with van der Waals surface area (Å²) in [6, 6.07) is 6.61. The second-order valence-corrected chi connectivity index (χ2v) is 4.24. The molecule has 4 N–H and O–H groups in total. The molecule has 5 heteroatoms. The molecule has 98 valence electrons. The Morgan fingerprint density at radius 3 is 2.44 bits per heavy atom. The second kappa shape index (κ2) is 6.05. The molecular weight excluding hydrogens is 230 g/mol. The largest absolute Gasteiger partial charge is 0.399 e. The molecular formula is C13H19N3O2. The van der Waals surface area contributed by atoms with Gasteiger partial charge in [-0.25, -0.2) is 0 Å². The van der Waals surface area contributed by atoms with Crippen molar-refractivity contribution in [2.45, 2.75) is 25.8 Å². The lowest BCUT2D eigenvalue weighted by atomic mass is 9.99. The maximum Gasteiger partial charge on any atom is 0.242 e. The number of nitrogen functional groups attached to an aromatic ring is 1. The minimum absolute atomic E-state index is 0.197. The van der Waals surface area contributed by atoms with Crippen LogP contribution >= 0.6 is 0 Å². The van der Waals surface area contributed by atoms with Gasteiger partial charge in [0.2, 0.25) is 11.8 Å². The molecule has 0 heterocycles. The van der Waals surface area contributed by atoms with E-state index >= 15 is 0 Å². The first kappa shape index (κ1) is 14.0. The highest BCUT2D eigenvalue weighted by atomic mass is 16.2. The van der Waals surface area contributed by atoms with Gasteiger partial charge in [0.05, 0.1) is 5.92 Å². The zero-order valence-electron chi connectivity index (χ0n) is 10.9. The van der Waals surface area contributed by atoms with E-state index in [4.69, 9.17) is 5.73 Å². The van der Waals surface area contributed by atoms with E-state index in [1.54, 1.807) is 32.0 Å². The lowest BCUT2D eigenvalue weighted by Gasteiger charge is -2.17. The molecule has 2 unspecified atom stereocenters. The number of amides is 2. The number of hydrogen-bond acceptors (Lipinski definition) is 3. The number of benzene rings is 1. The fourth-order valence-corrected chi connectivity index (χ4v) is 1.60. The summed E-state index contributed by atoms with van der Waals surface area (Å²) in [5.41, 5.74) is 7.12. The number of likely N-dealkylation sites (N-methyl/N-ethyl adjacent to an activating group) is 1. The Hall–Kier alpha value is -2.04. The summed E-state index contributed by atoms with van der Waals surface area (Å²) in [6.07, 6.45) is 0. The molecule has 0 saturated heterocycles. The van der Waals surface area contributed by atoms with E-state index in [2.05, 4.69) is 10.6 Å². The van der Waals surface area contributed by atoms with Gasteiger partial charge in [-0.05, 0) is 31.5 Å². The normalized spacial score (nSPS) is 13.5. The van der Waals surface area contributed by atoms with Crippen LogP contribution in [0.2, 0.25) is 0 Å². The average molecular weight is 249 g/mol. The van der Waals surface area contributed by atoms with E-state index in [9.17, 15) is 9.59 Å². The van der Waals surface area contributed by atoms with Crippen LogP contribution in [0.1, 0.15) is 25.3 Å². The molecule has 0 fully saturated rings. The van der Waals surface area contributed by atoms with E-state index in [0.29, 0.717) is 5.69 Å². The first-order valence-corrected chi connectivity index (χ1v) is 5.83. The van der Waals surface area contributed by atoms with Crippen LogP contribution < -0.4 is 16.4 Å². The quantitative estimate of drug-likeness (QED) is 0.684. The molecule has 5 nitrogen and oxygen atoms in total. The van der Waals surface area contributed by atoms with Gasteiger partial charge < -0.3 is 16.4 Å². The summed E-state index contributed by atoms with van der Waals surface area (Å²) >= 11 is 0. The molecule has 0 saturated carbocycles. The fourth-order valence-electron chi connectivity index (χ4n) is 1.60. The van der Waals surface area contributed by atoms with Crippen LogP contribution in [0.4, 0.5) is 5.69 Å². The van der Waals surface area contributed by atoms with Gasteiger partial charge in [-0.2, -0.15) is 0 Å². The van der Waals surface area contributed by atoms with Gasteiger partial charge in [-0.3, -0.25) is 9.59 Å². The lowest BCUT2D eigenvalue weighted by molar-refractivity contribution is -0.128. The van der Waals surface area contributed by atoms with Crippen molar-refractivity contribution >= 4 is 17.5 Å². The van der Waals surface area contributed by atoms with Gasteiger partial charge in [0.25, 0.3) is 0 Å². The Kier molecular flexibility index (Phi) is 4.71. The Morgan fingerprint density at radius 1 is 1.22 bits per heavy atom. The van der Waals surface area contributed by atoms with Crippen LogP contribution in [0.15, 0.2) is 24.3 Å². The molecule has 0 aliphatic heterocycles. The maximum atomic E-state index is 12.0. The molecule has 1 aromatic rings. The first-order valence-electron chi connectivity index (χ1n) is 5.83. The lowest BCUT2D eigenvalue weighted by Crippen LogP contribution is -2.44. The van der Waals surface area contributed by atoms with Crippen molar-refractivity contribution in [1.29, 1.82) is 0 Å². The van der Waals surface area contributed by atoms with Crippen LogP contribution in [0, 0.1) is 0 Å². The zero-order chi connectivity index (χ0) is 13.7. The fraction of sp³-hybridized carbons (Fsp3) is 0.385. The topological polar surface area (TPSA) is 84.2 Å².